The summed E-state index contributed by atoms with van der Waals surface area (Å²) in [7, 11) is 1.80. The SMILES string of the molecule is CCCNC(COC)CC1CCCc2ccccc21. The van der Waals surface area contributed by atoms with E-state index >= 15 is 0 Å². The van der Waals surface area contributed by atoms with Gasteiger partial charge in [-0.15, -0.1) is 0 Å². The summed E-state index contributed by atoms with van der Waals surface area (Å²) in [6, 6.07) is 9.46. The lowest BCUT2D eigenvalue weighted by Crippen LogP contribution is -2.35. The van der Waals surface area contributed by atoms with E-state index in [4.69, 9.17) is 4.74 Å². The molecule has 1 aromatic carbocycles. The monoisotopic (exact) mass is 261 g/mol. The molecule has 19 heavy (non-hydrogen) atoms. The molecule has 1 N–H and O–H groups in total. The smallest absolute Gasteiger partial charge is 0.0616 e. The van der Waals surface area contributed by atoms with Gasteiger partial charge in [0.1, 0.15) is 0 Å². The zero-order valence-corrected chi connectivity index (χ0v) is 12.3. The molecule has 2 unspecified atom stereocenters. The van der Waals surface area contributed by atoms with E-state index in [0.29, 0.717) is 12.0 Å². The molecule has 0 saturated heterocycles. The lowest BCUT2D eigenvalue weighted by atomic mass is 9.79. The number of methoxy groups -OCH3 is 1. The average Bonchev–Trinajstić information content (AvgIpc) is 2.45. The van der Waals surface area contributed by atoms with Gasteiger partial charge < -0.3 is 10.1 Å². The Morgan fingerprint density at radius 1 is 1.37 bits per heavy atom. The van der Waals surface area contributed by atoms with Crippen LogP contribution >= 0.6 is 0 Å². The maximum Gasteiger partial charge on any atom is 0.0616 e. The van der Waals surface area contributed by atoms with Crippen LogP contribution in [-0.2, 0) is 11.2 Å². The Balaban J connectivity index is 2.01. The van der Waals surface area contributed by atoms with Gasteiger partial charge >= 0.3 is 0 Å². The molecule has 2 nitrogen and oxygen atoms in total. The molecular weight excluding hydrogens is 234 g/mol. The Kier molecular flexibility index (Phi) is 5.87. The molecule has 0 aromatic heterocycles. The molecule has 0 radical (unpaired) electrons. The molecule has 1 aromatic rings. The third-order valence-corrected chi connectivity index (χ3v) is 4.11. The first-order chi connectivity index (χ1) is 9.35. The number of rotatable bonds is 7. The lowest BCUT2D eigenvalue weighted by Gasteiger charge is -2.29. The van der Waals surface area contributed by atoms with Crippen molar-refractivity contribution in [1.82, 2.24) is 5.32 Å². The molecular formula is C17H27NO. The second-order valence-electron chi connectivity index (χ2n) is 5.63. The summed E-state index contributed by atoms with van der Waals surface area (Å²) < 4.78 is 5.37. The third kappa shape index (κ3) is 4.05. The Morgan fingerprint density at radius 2 is 2.21 bits per heavy atom. The standard InChI is InChI=1S/C17H27NO/c1-3-11-18-16(13-19-2)12-15-9-6-8-14-7-4-5-10-17(14)15/h4-5,7,10,15-16,18H,3,6,8-9,11-13H2,1-2H3. The summed E-state index contributed by atoms with van der Waals surface area (Å²) in [4.78, 5) is 0. The predicted octanol–water partition coefficient (Wildman–Crippen LogP) is 3.51. The van der Waals surface area contributed by atoms with Crippen LogP contribution in [0.5, 0.6) is 0 Å². The van der Waals surface area contributed by atoms with Crippen LogP contribution in [0.15, 0.2) is 24.3 Å². The summed E-state index contributed by atoms with van der Waals surface area (Å²) in [5.74, 6) is 0.703. The number of nitrogens with one attached hydrogen (secondary N) is 1. The minimum absolute atomic E-state index is 0.487. The topological polar surface area (TPSA) is 21.3 Å². The summed E-state index contributed by atoms with van der Waals surface area (Å²) in [6.07, 6.45) is 6.29. The Morgan fingerprint density at radius 3 is 3.00 bits per heavy atom. The molecule has 1 aliphatic rings. The number of aryl methyl sites for hydroxylation is 1. The first-order valence-electron chi connectivity index (χ1n) is 7.65. The van der Waals surface area contributed by atoms with Gasteiger partial charge in [-0.1, -0.05) is 31.2 Å². The van der Waals surface area contributed by atoms with Crippen molar-refractivity contribution in [3.8, 4) is 0 Å². The first kappa shape index (κ1) is 14.5. The third-order valence-electron chi connectivity index (χ3n) is 4.11. The van der Waals surface area contributed by atoms with Crippen molar-refractivity contribution in [2.45, 2.75) is 51.0 Å². The molecule has 0 bridgehead atoms. The highest BCUT2D eigenvalue weighted by Gasteiger charge is 2.22. The summed E-state index contributed by atoms with van der Waals surface area (Å²) >= 11 is 0. The van der Waals surface area contributed by atoms with Gasteiger partial charge in [-0.3, -0.25) is 0 Å². The van der Waals surface area contributed by atoms with Gasteiger partial charge in [-0.25, -0.2) is 0 Å². The number of hydrogen-bond donors (Lipinski definition) is 1. The van der Waals surface area contributed by atoms with Gasteiger partial charge in [0.05, 0.1) is 6.61 Å². The Hall–Kier alpha value is -0.860. The van der Waals surface area contributed by atoms with Crippen LogP contribution in [-0.4, -0.2) is 26.3 Å². The van der Waals surface area contributed by atoms with Crippen molar-refractivity contribution in [1.29, 1.82) is 0 Å². The van der Waals surface area contributed by atoms with Gasteiger partial charge in [0.25, 0.3) is 0 Å². The van der Waals surface area contributed by atoms with E-state index in [2.05, 4.69) is 36.5 Å². The molecule has 106 valence electrons. The van der Waals surface area contributed by atoms with E-state index in [0.717, 1.165) is 13.2 Å². The molecule has 0 fully saturated rings. The normalized spacial score (nSPS) is 20.0. The van der Waals surface area contributed by atoms with Gasteiger partial charge in [-0.05, 0) is 55.7 Å². The number of hydrogen-bond acceptors (Lipinski definition) is 2. The Labute approximate surface area is 117 Å². The van der Waals surface area contributed by atoms with Gasteiger partial charge in [-0.2, -0.15) is 0 Å². The maximum absolute atomic E-state index is 5.37. The Bertz CT molecular complexity index is 377. The van der Waals surface area contributed by atoms with Crippen molar-refractivity contribution in [2.24, 2.45) is 0 Å². The molecule has 0 aliphatic heterocycles. The largest absolute Gasteiger partial charge is 0.383 e. The van der Waals surface area contributed by atoms with Gasteiger partial charge in [0, 0.05) is 13.2 Å². The maximum atomic E-state index is 5.37. The van der Waals surface area contributed by atoms with E-state index < -0.39 is 0 Å². The summed E-state index contributed by atoms with van der Waals surface area (Å²) in [6.45, 7) is 4.12. The van der Waals surface area contributed by atoms with Crippen LogP contribution in [0.2, 0.25) is 0 Å². The zero-order chi connectivity index (χ0) is 13.5. The van der Waals surface area contributed by atoms with Gasteiger partial charge in [0.2, 0.25) is 0 Å². The fraction of sp³-hybridized carbons (Fsp3) is 0.647. The van der Waals surface area contributed by atoms with E-state index in [1.165, 1.54) is 32.1 Å². The van der Waals surface area contributed by atoms with Crippen molar-refractivity contribution < 1.29 is 4.74 Å². The number of benzene rings is 1. The van der Waals surface area contributed by atoms with Crippen molar-refractivity contribution in [3.63, 3.8) is 0 Å². The molecule has 0 spiro atoms. The van der Waals surface area contributed by atoms with E-state index in [1.807, 2.05) is 0 Å². The highest BCUT2D eigenvalue weighted by atomic mass is 16.5. The zero-order valence-electron chi connectivity index (χ0n) is 12.3. The second-order valence-corrected chi connectivity index (χ2v) is 5.63. The quantitative estimate of drug-likeness (QED) is 0.811. The first-order valence-corrected chi connectivity index (χ1v) is 7.65. The fourth-order valence-electron chi connectivity index (χ4n) is 3.20. The summed E-state index contributed by atoms with van der Waals surface area (Å²) in [5, 5.41) is 3.62. The minimum atomic E-state index is 0.487. The molecule has 2 rings (SSSR count). The predicted molar refractivity (Wildman–Crippen MR) is 80.7 cm³/mol. The highest BCUT2D eigenvalue weighted by molar-refractivity contribution is 5.32. The van der Waals surface area contributed by atoms with Crippen molar-refractivity contribution in [3.05, 3.63) is 35.4 Å². The molecule has 1 aliphatic carbocycles. The molecule has 0 heterocycles. The second kappa shape index (κ2) is 7.66. The number of fused-ring (bicyclic) bond motifs is 1. The van der Waals surface area contributed by atoms with Crippen LogP contribution in [0.3, 0.4) is 0 Å². The molecule has 2 heteroatoms. The van der Waals surface area contributed by atoms with E-state index in [1.54, 1.807) is 18.2 Å². The molecule has 0 saturated carbocycles. The van der Waals surface area contributed by atoms with Crippen molar-refractivity contribution >= 4 is 0 Å². The summed E-state index contributed by atoms with van der Waals surface area (Å²) in [5.41, 5.74) is 3.14. The number of ether oxygens (including phenoxy) is 1. The van der Waals surface area contributed by atoms with E-state index in [-0.39, 0.29) is 0 Å². The van der Waals surface area contributed by atoms with Crippen molar-refractivity contribution in [2.75, 3.05) is 20.3 Å². The molecule has 2 atom stereocenters. The fourth-order valence-corrected chi connectivity index (χ4v) is 3.20. The van der Waals surface area contributed by atoms with Crippen LogP contribution in [0, 0.1) is 0 Å². The van der Waals surface area contributed by atoms with Gasteiger partial charge in [0.15, 0.2) is 0 Å². The molecule has 0 amide bonds. The van der Waals surface area contributed by atoms with Crippen LogP contribution < -0.4 is 5.32 Å². The van der Waals surface area contributed by atoms with Crippen LogP contribution in [0.4, 0.5) is 0 Å². The van der Waals surface area contributed by atoms with E-state index in [9.17, 15) is 0 Å². The minimum Gasteiger partial charge on any atom is -0.383 e. The van der Waals surface area contributed by atoms with Crippen LogP contribution in [0.1, 0.15) is 49.7 Å². The lowest BCUT2D eigenvalue weighted by molar-refractivity contribution is 0.158. The van der Waals surface area contributed by atoms with Crippen LogP contribution in [0.25, 0.3) is 0 Å². The average molecular weight is 261 g/mol. The highest BCUT2D eigenvalue weighted by Crippen LogP contribution is 2.34.